The van der Waals surface area contributed by atoms with Crippen molar-refractivity contribution in [2.45, 2.75) is 31.3 Å². The number of aromatic nitrogens is 5. The van der Waals surface area contributed by atoms with Crippen molar-refractivity contribution in [1.29, 1.82) is 0 Å². The third-order valence-corrected chi connectivity index (χ3v) is 5.51. The number of rotatable bonds is 6. The summed E-state index contributed by atoms with van der Waals surface area (Å²) in [6.45, 7) is 8.28. The lowest BCUT2D eigenvalue weighted by atomic mass is 10.2. The van der Waals surface area contributed by atoms with Crippen LogP contribution >= 0.6 is 11.8 Å². The van der Waals surface area contributed by atoms with Gasteiger partial charge in [0.2, 0.25) is 5.95 Å². The zero-order valence-corrected chi connectivity index (χ0v) is 16.9. The molecule has 0 unspecified atom stereocenters. The minimum Gasteiger partial charge on any atom is -0.378 e. The zero-order chi connectivity index (χ0) is 19.5. The average Bonchev–Trinajstić information content (AvgIpc) is 3.09. The summed E-state index contributed by atoms with van der Waals surface area (Å²) in [5.74, 6) is 1.93. The fraction of sp³-hybridized carbons (Fsp3) is 0.474. The van der Waals surface area contributed by atoms with E-state index in [-0.39, 0.29) is 5.56 Å². The van der Waals surface area contributed by atoms with Gasteiger partial charge in [0.05, 0.1) is 18.9 Å². The van der Waals surface area contributed by atoms with Crippen LogP contribution in [0.5, 0.6) is 0 Å². The second-order valence-corrected chi connectivity index (χ2v) is 8.13. The Balaban J connectivity index is 1.57. The molecule has 0 N–H and O–H groups in total. The number of hydrogen-bond acceptors (Lipinski definition) is 7. The van der Waals surface area contributed by atoms with Crippen molar-refractivity contribution >= 4 is 23.4 Å². The quantitative estimate of drug-likeness (QED) is 0.586. The summed E-state index contributed by atoms with van der Waals surface area (Å²) in [4.78, 5) is 19.1. The Morgan fingerprint density at radius 1 is 1.21 bits per heavy atom. The molecule has 0 saturated carbocycles. The summed E-state index contributed by atoms with van der Waals surface area (Å²) in [6.07, 6.45) is 1.73. The van der Waals surface area contributed by atoms with Gasteiger partial charge >= 0.3 is 0 Å². The first kappa shape index (κ1) is 18.9. The first-order chi connectivity index (χ1) is 13.6. The molecule has 0 amide bonds. The van der Waals surface area contributed by atoms with Gasteiger partial charge in [-0.2, -0.15) is 0 Å². The lowest BCUT2D eigenvalue weighted by Gasteiger charge is -2.28. The van der Waals surface area contributed by atoms with E-state index in [1.165, 1.54) is 0 Å². The van der Waals surface area contributed by atoms with Crippen LogP contribution in [0.15, 0.2) is 40.4 Å². The predicted octanol–water partition coefficient (Wildman–Crippen LogP) is 2.07. The maximum Gasteiger partial charge on any atom is 0.258 e. The van der Waals surface area contributed by atoms with E-state index < -0.39 is 0 Å². The number of anilines is 1. The van der Waals surface area contributed by atoms with E-state index in [1.807, 2.05) is 18.2 Å². The van der Waals surface area contributed by atoms with Gasteiger partial charge in [-0.05, 0) is 18.1 Å². The Hall–Kier alpha value is -2.39. The highest BCUT2D eigenvalue weighted by Gasteiger charge is 2.21. The maximum absolute atomic E-state index is 12.3. The predicted molar refractivity (Wildman–Crippen MR) is 109 cm³/mol. The first-order valence-electron chi connectivity index (χ1n) is 9.48. The molecule has 0 atom stereocenters. The molecule has 0 radical (unpaired) electrons. The molecule has 3 aromatic heterocycles. The summed E-state index contributed by atoms with van der Waals surface area (Å²) >= 11 is 1.57. The van der Waals surface area contributed by atoms with E-state index in [2.05, 4.69) is 38.5 Å². The molecule has 4 rings (SSSR count). The molecule has 0 spiro atoms. The Morgan fingerprint density at radius 2 is 2.04 bits per heavy atom. The molecule has 8 nitrogen and oxygen atoms in total. The van der Waals surface area contributed by atoms with Crippen molar-refractivity contribution in [3.63, 3.8) is 0 Å². The number of morpholine rings is 1. The number of fused-ring (bicyclic) bond motifs is 1. The molecule has 28 heavy (non-hydrogen) atoms. The molecule has 3 aromatic rings. The highest BCUT2D eigenvalue weighted by Crippen LogP contribution is 2.26. The molecule has 0 aromatic carbocycles. The van der Waals surface area contributed by atoms with Gasteiger partial charge in [-0.25, -0.2) is 4.98 Å². The summed E-state index contributed by atoms with van der Waals surface area (Å²) in [6, 6.07) is 7.14. The van der Waals surface area contributed by atoms with Crippen LogP contribution in [-0.2, 0) is 17.0 Å². The highest BCUT2D eigenvalue weighted by molar-refractivity contribution is 7.98. The summed E-state index contributed by atoms with van der Waals surface area (Å²) in [5, 5.41) is 9.73. The Kier molecular flexibility index (Phi) is 5.63. The molecule has 1 fully saturated rings. The van der Waals surface area contributed by atoms with E-state index in [1.54, 1.807) is 28.4 Å². The highest BCUT2D eigenvalue weighted by atomic mass is 32.2. The van der Waals surface area contributed by atoms with Crippen LogP contribution in [0.3, 0.4) is 0 Å². The van der Waals surface area contributed by atoms with Gasteiger partial charge in [0.15, 0.2) is 5.16 Å². The standard InChI is InChI=1S/C19H24N6O2S/c1-14(2)12-25-18(23-7-9-27-10-8-23)21-22-19(25)28-13-15-11-17(26)24-6-4-3-5-16(24)20-15/h3-6,11,14H,7-10,12-13H2,1-2H3. The monoisotopic (exact) mass is 400 g/mol. The van der Waals surface area contributed by atoms with Gasteiger partial charge in [0.1, 0.15) is 5.65 Å². The smallest absolute Gasteiger partial charge is 0.258 e. The fourth-order valence-electron chi connectivity index (χ4n) is 3.23. The second kappa shape index (κ2) is 8.32. The van der Waals surface area contributed by atoms with Crippen molar-refractivity contribution < 1.29 is 4.74 Å². The van der Waals surface area contributed by atoms with E-state index in [9.17, 15) is 4.79 Å². The molecule has 9 heteroatoms. The van der Waals surface area contributed by atoms with Crippen LogP contribution in [0.1, 0.15) is 19.5 Å². The minimum atomic E-state index is -0.0705. The van der Waals surface area contributed by atoms with Crippen LogP contribution in [0.4, 0.5) is 5.95 Å². The van der Waals surface area contributed by atoms with E-state index >= 15 is 0 Å². The normalized spacial score (nSPS) is 14.9. The third kappa shape index (κ3) is 4.05. The molecule has 1 aliphatic rings. The fourth-order valence-corrected chi connectivity index (χ4v) is 4.06. The minimum absolute atomic E-state index is 0.0705. The number of thioether (sulfide) groups is 1. The molecule has 0 bridgehead atoms. The summed E-state index contributed by atoms with van der Waals surface area (Å²) < 4.78 is 9.18. The van der Waals surface area contributed by atoms with Gasteiger partial charge in [-0.15, -0.1) is 10.2 Å². The Labute approximate surface area is 167 Å². The lowest BCUT2D eigenvalue weighted by Crippen LogP contribution is -2.38. The van der Waals surface area contributed by atoms with E-state index in [4.69, 9.17) is 4.74 Å². The first-order valence-corrected chi connectivity index (χ1v) is 10.5. The number of nitrogens with zero attached hydrogens (tertiary/aromatic N) is 6. The van der Waals surface area contributed by atoms with Gasteiger partial charge in [-0.1, -0.05) is 31.7 Å². The SMILES string of the molecule is CC(C)Cn1c(SCc2cc(=O)n3ccccc3n2)nnc1N1CCOCC1. The Morgan fingerprint density at radius 3 is 2.82 bits per heavy atom. The van der Waals surface area contributed by atoms with Crippen LogP contribution < -0.4 is 10.5 Å². The molecular formula is C19H24N6O2S. The topological polar surface area (TPSA) is 77.5 Å². The van der Waals surface area contributed by atoms with Gasteiger partial charge in [0.25, 0.3) is 5.56 Å². The largest absolute Gasteiger partial charge is 0.378 e. The number of hydrogen-bond donors (Lipinski definition) is 0. The third-order valence-electron chi connectivity index (χ3n) is 4.51. The molecule has 0 aliphatic carbocycles. The van der Waals surface area contributed by atoms with E-state index in [0.717, 1.165) is 36.4 Å². The second-order valence-electron chi connectivity index (χ2n) is 7.19. The molecule has 1 aliphatic heterocycles. The van der Waals surface area contributed by atoms with Crippen LogP contribution in [0.25, 0.3) is 5.65 Å². The van der Waals surface area contributed by atoms with Gasteiger partial charge in [-0.3, -0.25) is 13.8 Å². The van der Waals surface area contributed by atoms with Crippen molar-refractivity contribution in [2.24, 2.45) is 5.92 Å². The van der Waals surface area contributed by atoms with Crippen LogP contribution in [0, 0.1) is 5.92 Å². The number of ether oxygens (including phenoxy) is 1. The molecule has 1 saturated heterocycles. The Bertz CT molecular complexity index is 1010. The molecular weight excluding hydrogens is 376 g/mol. The van der Waals surface area contributed by atoms with Crippen molar-refractivity contribution in [2.75, 3.05) is 31.2 Å². The van der Waals surface area contributed by atoms with E-state index in [0.29, 0.717) is 30.5 Å². The summed E-state index contributed by atoms with van der Waals surface area (Å²) in [5.41, 5.74) is 1.33. The van der Waals surface area contributed by atoms with Gasteiger partial charge in [0, 0.05) is 37.7 Å². The maximum atomic E-state index is 12.3. The van der Waals surface area contributed by atoms with Crippen LogP contribution in [-0.4, -0.2) is 50.5 Å². The van der Waals surface area contributed by atoms with Crippen molar-refractivity contribution in [3.05, 3.63) is 46.5 Å². The van der Waals surface area contributed by atoms with Gasteiger partial charge < -0.3 is 9.64 Å². The molecule has 148 valence electrons. The van der Waals surface area contributed by atoms with Crippen molar-refractivity contribution in [3.8, 4) is 0 Å². The molecule has 4 heterocycles. The zero-order valence-electron chi connectivity index (χ0n) is 16.1. The number of pyridine rings is 1. The average molecular weight is 401 g/mol. The van der Waals surface area contributed by atoms with Crippen LogP contribution in [0.2, 0.25) is 0 Å². The van der Waals surface area contributed by atoms with Crippen molar-refractivity contribution in [1.82, 2.24) is 24.1 Å². The summed E-state index contributed by atoms with van der Waals surface area (Å²) in [7, 11) is 0. The lowest BCUT2D eigenvalue weighted by molar-refractivity contribution is 0.121.